The van der Waals surface area contributed by atoms with Gasteiger partial charge in [0.05, 0.1) is 6.04 Å². The number of benzene rings is 1. The van der Waals surface area contributed by atoms with E-state index in [0.717, 1.165) is 0 Å². The fourth-order valence-electron chi connectivity index (χ4n) is 1.19. The van der Waals surface area contributed by atoms with Gasteiger partial charge < -0.3 is 14.8 Å². The molecule has 0 radical (unpaired) electrons. The van der Waals surface area contributed by atoms with Crippen LogP contribution in [0.4, 0.5) is 4.79 Å². The van der Waals surface area contributed by atoms with Crippen molar-refractivity contribution >= 4 is 12.1 Å². The van der Waals surface area contributed by atoms with Gasteiger partial charge in [-0.15, -0.1) is 0 Å². The molecule has 0 aromatic heterocycles. The molecule has 1 unspecified atom stereocenters. The minimum Gasteiger partial charge on any atom is -0.460 e. The van der Waals surface area contributed by atoms with Crippen LogP contribution in [0.5, 0.6) is 5.75 Å². The summed E-state index contributed by atoms with van der Waals surface area (Å²) in [7, 11) is 0. The summed E-state index contributed by atoms with van der Waals surface area (Å²) in [5, 5.41) is 2.55. The molecule has 102 valence electrons. The van der Waals surface area contributed by atoms with E-state index in [0.29, 0.717) is 11.3 Å². The number of para-hydroxylation sites is 1. The van der Waals surface area contributed by atoms with E-state index in [2.05, 4.69) is 11.9 Å². The van der Waals surface area contributed by atoms with Crippen molar-refractivity contribution in [2.45, 2.75) is 19.9 Å². The molecule has 0 spiro atoms. The van der Waals surface area contributed by atoms with Crippen molar-refractivity contribution < 1.29 is 19.1 Å². The van der Waals surface area contributed by atoms with Crippen LogP contribution in [0.2, 0.25) is 0 Å². The summed E-state index contributed by atoms with van der Waals surface area (Å²) in [4.78, 5) is 22.7. The second-order valence-electron chi connectivity index (χ2n) is 4.13. The molecule has 1 aromatic rings. The van der Waals surface area contributed by atoms with Crippen LogP contribution in [0.3, 0.4) is 0 Å². The zero-order chi connectivity index (χ0) is 14.3. The van der Waals surface area contributed by atoms with E-state index < -0.39 is 12.1 Å². The molecule has 0 heterocycles. The first-order chi connectivity index (χ1) is 8.99. The number of carbonyl (C=O) groups excluding carboxylic acids is 2. The molecule has 0 aliphatic carbocycles. The van der Waals surface area contributed by atoms with E-state index in [1.807, 2.05) is 6.07 Å². The average Bonchev–Trinajstić information content (AvgIpc) is 2.36. The number of carbonyl (C=O) groups is 2. The van der Waals surface area contributed by atoms with Crippen LogP contribution in [0.15, 0.2) is 42.5 Å². The van der Waals surface area contributed by atoms with E-state index in [-0.39, 0.29) is 12.6 Å². The Bertz CT molecular complexity index is 456. The Morgan fingerprint density at radius 3 is 2.53 bits per heavy atom. The summed E-state index contributed by atoms with van der Waals surface area (Å²) in [5.74, 6) is -0.0313. The van der Waals surface area contributed by atoms with E-state index in [9.17, 15) is 9.59 Å². The number of amides is 1. The first-order valence-corrected chi connectivity index (χ1v) is 5.85. The molecule has 0 saturated heterocycles. The maximum absolute atomic E-state index is 11.5. The quantitative estimate of drug-likeness (QED) is 0.654. The van der Waals surface area contributed by atoms with Gasteiger partial charge in [-0.25, -0.2) is 9.59 Å². The van der Waals surface area contributed by atoms with Crippen LogP contribution in [0, 0.1) is 0 Å². The van der Waals surface area contributed by atoms with Gasteiger partial charge in [0.15, 0.2) is 0 Å². The highest BCUT2D eigenvalue weighted by Crippen LogP contribution is 2.08. The van der Waals surface area contributed by atoms with Crippen LogP contribution in [-0.4, -0.2) is 24.7 Å². The Hall–Kier alpha value is -2.30. The molecule has 0 fully saturated rings. The van der Waals surface area contributed by atoms with Crippen molar-refractivity contribution in [3.05, 3.63) is 42.5 Å². The van der Waals surface area contributed by atoms with Gasteiger partial charge in [-0.3, -0.25) is 0 Å². The van der Waals surface area contributed by atoms with Gasteiger partial charge in [-0.05, 0) is 26.0 Å². The molecule has 1 amide bonds. The molecule has 19 heavy (non-hydrogen) atoms. The average molecular weight is 263 g/mol. The van der Waals surface area contributed by atoms with Crippen LogP contribution in [0.1, 0.15) is 13.8 Å². The van der Waals surface area contributed by atoms with Gasteiger partial charge in [0.25, 0.3) is 0 Å². The van der Waals surface area contributed by atoms with Crippen molar-refractivity contribution in [2.75, 3.05) is 6.61 Å². The lowest BCUT2D eigenvalue weighted by molar-refractivity contribution is -0.139. The van der Waals surface area contributed by atoms with Crippen molar-refractivity contribution in [3.8, 4) is 5.75 Å². The lowest BCUT2D eigenvalue weighted by Gasteiger charge is -2.14. The molecular weight excluding hydrogens is 246 g/mol. The third-order valence-corrected chi connectivity index (χ3v) is 2.13. The Morgan fingerprint density at radius 1 is 1.32 bits per heavy atom. The fraction of sp³-hybridized carbons (Fsp3) is 0.286. The summed E-state index contributed by atoms with van der Waals surface area (Å²) >= 11 is 0. The Morgan fingerprint density at radius 2 is 1.95 bits per heavy atom. The molecular formula is C14H17NO4. The molecule has 1 aromatic carbocycles. The predicted octanol–water partition coefficient (Wildman–Crippen LogP) is 2.28. The summed E-state index contributed by atoms with van der Waals surface area (Å²) in [6, 6.07) is 8.35. The molecule has 0 bridgehead atoms. The van der Waals surface area contributed by atoms with Gasteiger partial charge in [0.2, 0.25) is 0 Å². The zero-order valence-electron chi connectivity index (χ0n) is 11.0. The van der Waals surface area contributed by atoms with Crippen LogP contribution in [0.25, 0.3) is 0 Å². The largest absolute Gasteiger partial charge is 0.460 e. The molecule has 1 N–H and O–H groups in total. The second kappa shape index (κ2) is 7.20. The topological polar surface area (TPSA) is 64.6 Å². The lowest BCUT2D eigenvalue weighted by atomic mass is 10.3. The normalized spacial score (nSPS) is 11.3. The SMILES string of the molecule is C=C(C)C(=O)OCC(C)NC(=O)Oc1ccccc1. The minimum absolute atomic E-state index is 0.0651. The van der Waals surface area contributed by atoms with Crippen molar-refractivity contribution in [1.29, 1.82) is 0 Å². The van der Waals surface area contributed by atoms with Crippen molar-refractivity contribution in [2.24, 2.45) is 0 Å². The van der Waals surface area contributed by atoms with E-state index in [1.165, 1.54) is 0 Å². The Balaban J connectivity index is 2.32. The summed E-state index contributed by atoms with van der Waals surface area (Å²) < 4.78 is 9.94. The second-order valence-corrected chi connectivity index (χ2v) is 4.13. The Kier molecular flexibility index (Phi) is 5.60. The number of nitrogens with one attached hydrogen (secondary N) is 1. The lowest BCUT2D eigenvalue weighted by Crippen LogP contribution is -2.38. The first-order valence-electron chi connectivity index (χ1n) is 5.85. The van der Waals surface area contributed by atoms with Gasteiger partial charge in [-0.1, -0.05) is 24.8 Å². The van der Waals surface area contributed by atoms with Crippen molar-refractivity contribution in [1.82, 2.24) is 5.32 Å². The van der Waals surface area contributed by atoms with Crippen molar-refractivity contribution in [3.63, 3.8) is 0 Å². The Labute approximate surface area is 112 Å². The van der Waals surface area contributed by atoms with E-state index >= 15 is 0 Å². The zero-order valence-corrected chi connectivity index (χ0v) is 11.0. The summed E-state index contributed by atoms with van der Waals surface area (Å²) in [5.41, 5.74) is 0.319. The molecule has 0 aliphatic rings. The van der Waals surface area contributed by atoms with Crippen LogP contribution >= 0.6 is 0 Å². The molecule has 0 saturated carbocycles. The monoisotopic (exact) mass is 263 g/mol. The standard InChI is InChI=1S/C14H17NO4/c1-10(2)13(16)18-9-11(3)15-14(17)19-12-7-5-4-6-8-12/h4-8,11H,1,9H2,2-3H3,(H,15,17). The predicted molar refractivity (Wildman–Crippen MR) is 70.8 cm³/mol. The third-order valence-electron chi connectivity index (χ3n) is 2.13. The number of rotatable bonds is 5. The molecule has 5 nitrogen and oxygen atoms in total. The fourth-order valence-corrected chi connectivity index (χ4v) is 1.19. The third kappa shape index (κ3) is 5.72. The van der Waals surface area contributed by atoms with Gasteiger partial charge in [-0.2, -0.15) is 0 Å². The maximum atomic E-state index is 11.5. The highest BCUT2D eigenvalue weighted by Gasteiger charge is 2.11. The smallest absolute Gasteiger partial charge is 0.412 e. The first kappa shape index (κ1) is 14.8. The number of ether oxygens (including phenoxy) is 2. The van der Waals surface area contributed by atoms with Gasteiger partial charge in [0.1, 0.15) is 12.4 Å². The van der Waals surface area contributed by atoms with Gasteiger partial charge in [0, 0.05) is 5.57 Å². The highest BCUT2D eigenvalue weighted by molar-refractivity contribution is 5.86. The maximum Gasteiger partial charge on any atom is 0.412 e. The van der Waals surface area contributed by atoms with Crippen LogP contribution < -0.4 is 10.1 Å². The highest BCUT2D eigenvalue weighted by atomic mass is 16.6. The minimum atomic E-state index is -0.593. The van der Waals surface area contributed by atoms with E-state index in [1.54, 1.807) is 38.1 Å². The van der Waals surface area contributed by atoms with Crippen LogP contribution in [-0.2, 0) is 9.53 Å². The molecule has 1 rings (SSSR count). The molecule has 0 aliphatic heterocycles. The number of hydrogen-bond donors (Lipinski definition) is 1. The van der Waals surface area contributed by atoms with Gasteiger partial charge >= 0.3 is 12.1 Å². The molecule has 5 heteroatoms. The number of hydrogen-bond acceptors (Lipinski definition) is 4. The number of esters is 1. The summed E-state index contributed by atoms with van der Waals surface area (Å²) in [6.07, 6.45) is -0.593. The molecule has 1 atom stereocenters. The van der Waals surface area contributed by atoms with E-state index in [4.69, 9.17) is 9.47 Å². The summed E-state index contributed by atoms with van der Waals surface area (Å²) in [6.45, 7) is 6.79.